The predicted molar refractivity (Wildman–Crippen MR) is 383 cm³/mol. The lowest BCUT2D eigenvalue weighted by atomic mass is 10.0. The molecule has 0 radical (unpaired) electrons. The highest BCUT2D eigenvalue weighted by Gasteiger charge is 2.32. The largest absolute Gasteiger partial charge is 0.633 e. The van der Waals surface area contributed by atoms with Gasteiger partial charge in [-0.1, -0.05) is 28.3 Å². The Labute approximate surface area is 629 Å². The second-order valence-electron chi connectivity index (χ2n) is 22.3. The van der Waals surface area contributed by atoms with E-state index in [2.05, 4.69) is 95.9 Å². The number of hydrogen-bond acceptors (Lipinski definition) is 40. The third-order valence-corrected chi connectivity index (χ3v) is 22.4. The van der Waals surface area contributed by atoms with Gasteiger partial charge < -0.3 is 46.7 Å². The number of halogens is 2. The van der Waals surface area contributed by atoms with Gasteiger partial charge in [-0.05, 0) is 119 Å². The molecule has 1 fully saturated rings. The minimum Gasteiger partial charge on any atom is -0.633 e. The number of quaternary nitrogens is 1. The summed E-state index contributed by atoms with van der Waals surface area (Å²) in [6, 6.07) is 17.5. The van der Waals surface area contributed by atoms with E-state index in [1.807, 2.05) is 0 Å². The van der Waals surface area contributed by atoms with Gasteiger partial charge in [-0.3, -0.25) is 38.2 Å². The number of phenolic OH excluding ortho intramolecular Hbond substituents is 2. The summed E-state index contributed by atoms with van der Waals surface area (Å²) in [6.45, 7) is -0.154. The molecule has 0 unspecified atom stereocenters. The van der Waals surface area contributed by atoms with Crippen LogP contribution in [0.4, 0.5) is 75.0 Å². The molecule has 0 spiro atoms. The fourth-order valence-electron chi connectivity index (χ4n) is 10.6. The first-order chi connectivity index (χ1) is 51.1. The van der Waals surface area contributed by atoms with Crippen molar-refractivity contribution in [3.63, 3.8) is 0 Å². The van der Waals surface area contributed by atoms with Crippen molar-refractivity contribution < 1.29 is 122 Å². The van der Waals surface area contributed by atoms with Crippen LogP contribution in [0, 0.1) is 5.21 Å². The summed E-state index contributed by atoms with van der Waals surface area (Å²) in [4.78, 5) is 20.6. The summed E-state index contributed by atoms with van der Waals surface area (Å²) in [5.74, 6) is -2.60. The molecule has 0 atom stereocenters. The van der Waals surface area contributed by atoms with Gasteiger partial charge >= 0.3 is 0 Å². The number of azo groups is 2. The summed E-state index contributed by atoms with van der Waals surface area (Å²) in [5.41, 5.74) is 7.05. The summed E-state index contributed by atoms with van der Waals surface area (Å²) in [5, 5.41) is 85.1. The topological polar surface area (TPSA) is 683 Å². The fourth-order valence-corrected chi connectivity index (χ4v) is 15.9. The van der Waals surface area contributed by atoms with Gasteiger partial charge in [0.1, 0.15) is 52.9 Å². The number of nitrogen functional groups attached to an aromatic ring is 1. The third kappa shape index (κ3) is 18.5. The van der Waals surface area contributed by atoms with Gasteiger partial charge in [-0.2, -0.15) is 80.4 Å². The van der Waals surface area contributed by atoms with Crippen LogP contribution in [0.15, 0.2) is 163 Å². The Kier molecular flexibility index (Phi) is 23.2. The van der Waals surface area contributed by atoms with E-state index in [9.17, 15) is 93.2 Å². The van der Waals surface area contributed by atoms with Gasteiger partial charge in [0, 0.05) is 27.5 Å². The molecule has 2 aromatic heterocycles. The number of benzene rings is 8. The number of rotatable bonds is 28. The maximum absolute atomic E-state index is 14.1. The van der Waals surface area contributed by atoms with E-state index >= 15 is 0 Å². The molecule has 55 heteroatoms. The first-order valence-electron chi connectivity index (χ1n) is 29.3. The first kappa shape index (κ1) is 80.4. The molecule has 1 saturated heterocycles. The van der Waals surface area contributed by atoms with Gasteiger partial charge in [0.05, 0.1) is 94.8 Å². The van der Waals surface area contributed by atoms with E-state index in [4.69, 9.17) is 39.5 Å². The number of nitrogens with two attached hydrogens (primary N) is 1. The van der Waals surface area contributed by atoms with Crippen LogP contribution in [0.25, 0.3) is 32.3 Å². The number of fused-ring (bicyclic) bond motifs is 3. The Morgan fingerprint density at radius 2 is 1.12 bits per heavy atom. The summed E-state index contributed by atoms with van der Waals surface area (Å²) in [7, 11) is -30.9. The molecule has 109 heavy (non-hydrogen) atoms. The lowest BCUT2D eigenvalue weighted by molar-refractivity contribution is -0.879. The fraction of sp³-hybridized carbons (Fsp3) is 0.111. The normalized spacial score (nSPS) is 14.0. The van der Waals surface area contributed by atoms with Crippen LogP contribution in [0.3, 0.4) is 0 Å². The minimum absolute atomic E-state index is 0.0361. The van der Waals surface area contributed by atoms with Crippen molar-refractivity contribution in [2.24, 2.45) is 20.5 Å². The highest BCUT2D eigenvalue weighted by atomic mass is 35.5. The molecule has 11 rings (SSSR count). The number of hydroxylamine groups is 3. The smallest absolute Gasteiger partial charge is 0.296 e. The molecular formula is C54H46Cl2N18O27S8. The molecule has 0 saturated carbocycles. The molecule has 0 aliphatic carbocycles. The zero-order valence-corrected chi connectivity index (χ0v) is 61.5. The molecule has 17 N–H and O–H groups in total. The van der Waals surface area contributed by atoms with Crippen LogP contribution in [0.5, 0.6) is 11.5 Å². The lowest BCUT2D eigenvalue weighted by Crippen LogP contribution is -2.58. The summed E-state index contributed by atoms with van der Waals surface area (Å²) >= 11 is 13.1. The number of aromatic hydroxyl groups is 2. The maximum atomic E-state index is 14.1. The van der Waals surface area contributed by atoms with Gasteiger partial charge in [-0.15, -0.1) is 29.1 Å². The van der Waals surface area contributed by atoms with E-state index in [0.717, 1.165) is 42.5 Å². The van der Waals surface area contributed by atoms with Crippen LogP contribution in [-0.4, -0.2) is 172 Å². The first-order valence-corrected chi connectivity index (χ1v) is 40.2. The number of nitrogens with zero attached hydrogens (tertiary/aromatic N) is 12. The number of piperazine rings is 1. The molecule has 3 heterocycles. The number of anilines is 9. The standard InChI is InChI=1S/C54H46Cl2N18O27S8/c55-49-61-51(65-52(62-49)59-26-4-7-29-24(18-26)20-39(108(92,93)94)44(46(29)75)71-67-32-9-6-28(104(80,81)82)23-38(32)107(89,90)91)58-12-15-74(77)16-13-73(14-17-74)54-64-50(56)63-53(66-54)60-27-5-11-37(106(86,87)88)34(22-27)69-72-45-40(109(95,96)97)21-25-19-35(102-100-98-78)43(42(57)41(25)47(45)76)70-68-33-10-8-30-31(48(33)103-101-99-79)2-1-3-36(30)105(83,84)85/h1-11,18-23,69,72,75-76,78-79H,12-17,57H2,(H,80,81,82)(H,83,84,85)(H,86,87,88)(H,89,90,91)(H,92,93,94)(H,95,96,97)(H,60,63,64,66)(H2,58,59,61,62,65)/b70-68+,71-67+. The monoisotopic (exact) mass is 1700 g/mol. The molecule has 10 aromatic rings. The van der Waals surface area contributed by atoms with Crippen LogP contribution in [0.2, 0.25) is 10.6 Å². The molecule has 0 amide bonds. The molecule has 1 aliphatic heterocycles. The second-order valence-corrected chi connectivity index (χ2v) is 32.8. The summed E-state index contributed by atoms with van der Waals surface area (Å²) < 4.78 is 217. The average Bonchev–Trinajstić information content (AvgIpc) is 0.752. The zero-order chi connectivity index (χ0) is 79.1. The highest BCUT2D eigenvalue weighted by Crippen LogP contribution is 2.50. The Morgan fingerprint density at radius 3 is 1.77 bits per heavy atom. The van der Waals surface area contributed by atoms with E-state index in [0.29, 0.717) is 30.2 Å². The van der Waals surface area contributed by atoms with Crippen molar-refractivity contribution >= 4 is 215 Å². The van der Waals surface area contributed by atoms with Crippen LogP contribution in [-0.2, 0) is 79.5 Å². The Bertz CT molecular complexity index is 6170. The van der Waals surface area contributed by atoms with Crippen molar-refractivity contribution in [1.29, 1.82) is 0 Å². The van der Waals surface area contributed by atoms with Crippen molar-refractivity contribution in [2.75, 3.05) is 76.7 Å². The number of aromatic nitrogens is 6. The Morgan fingerprint density at radius 1 is 0.541 bits per heavy atom. The second kappa shape index (κ2) is 31.4. The van der Waals surface area contributed by atoms with Crippen LogP contribution < -0.4 is 37.4 Å². The van der Waals surface area contributed by atoms with Crippen molar-refractivity contribution in [2.45, 2.75) is 39.2 Å². The Hall–Kier alpha value is -9.62. The van der Waals surface area contributed by atoms with E-state index in [1.165, 1.54) is 42.5 Å². The minimum atomic E-state index is -5.39. The number of phenols is 2. The number of nitrogens with one attached hydrogen (secondary N) is 5. The SMILES string of the molecule is Nc1c(/N=N/c2ccc3c(S(=O)(=O)O)cccc3c2SOOO)c(SOOO)cc2cc(S(=O)(=O)O)c(NNc3cc(Nc4nc(Cl)nc(N5CC[N+]([O-])(CCNc6nc(Cl)nc(Nc7ccc8c(O)c(/N=N/c9ccc(S(=O)(=O)O)cc9S(=O)(=O)O)c(S(=O)(=O)O)cc8c7)n6)CC5)n4)ccc3S(=O)(=O)O)c(O)c12. The number of hydrazine groups is 1. The van der Waals surface area contributed by atoms with Crippen molar-refractivity contribution in [1.82, 2.24) is 29.9 Å². The van der Waals surface area contributed by atoms with Crippen LogP contribution >= 0.6 is 47.3 Å². The molecule has 0 bridgehead atoms. The number of hydrogen-bond donors (Lipinski definition) is 16. The maximum Gasteiger partial charge on any atom is 0.296 e. The van der Waals surface area contributed by atoms with E-state index < -0.39 is 146 Å². The summed E-state index contributed by atoms with van der Waals surface area (Å²) in [6.07, 6.45) is 0. The predicted octanol–water partition coefficient (Wildman–Crippen LogP) is 9.16. The Balaban J connectivity index is 0.772. The molecule has 45 nitrogen and oxygen atoms in total. The third-order valence-electron chi connectivity index (χ3n) is 15.4. The van der Waals surface area contributed by atoms with Gasteiger partial charge in [-0.25, -0.2) is 10.5 Å². The average molecular weight is 1710 g/mol. The van der Waals surface area contributed by atoms with Gasteiger partial charge in [0.15, 0.2) is 11.5 Å². The zero-order valence-electron chi connectivity index (χ0n) is 53.4. The molecular weight excluding hydrogens is 1660 g/mol. The molecule has 576 valence electrons. The van der Waals surface area contributed by atoms with Gasteiger partial charge in [0.2, 0.25) is 34.4 Å². The van der Waals surface area contributed by atoms with E-state index in [-0.39, 0.29) is 139 Å². The quantitative estimate of drug-likeness (QED) is 0.00250. The van der Waals surface area contributed by atoms with Crippen molar-refractivity contribution in [3.8, 4) is 11.5 Å². The van der Waals surface area contributed by atoms with E-state index in [1.54, 1.807) is 4.90 Å². The lowest BCUT2D eigenvalue weighted by Gasteiger charge is -2.48. The van der Waals surface area contributed by atoms with Crippen LogP contribution in [0.1, 0.15) is 0 Å². The van der Waals surface area contributed by atoms with Crippen molar-refractivity contribution in [3.05, 3.63) is 119 Å². The molecule has 1 aliphatic rings. The molecule has 8 aromatic carbocycles. The van der Waals surface area contributed by atoms with Gasteiger partial charge in [0.25, 0.3) is 60.7 Å². The highest BCUT2D eigenvalue weighted by molar-refractivity contribution is 7.95.